The Morgan fingerprint density at radius 3 is 2.18 bits per heavy atom. The van der Waals surface area contributed by atoms with Gasteiger partial charge in [-0.25, -0.2) is 0 Å². The number of carboxylic acid groups (broad SMARTS) is 1. The second-order valence-electron chi connectivity index (χ2n) is 7.63. The summed E-state index contributed by atoms with van der Waals surface area (Å²) in [6.07, 6.45) is 13.7. The molecule has 0 amide bonds. The Hall–Kier alpha value is -0.570. The van der Waals surface area contributed by atoms with Gasteiger partial charge in [0.1, 0.15) is 0 Å². The maximum absolute atomic E-state index is 11.7. The second-order valence-corrected chi connectivity index (χ2v) is 7.63. The molecule has 2 N–H and O–H groups in total. The monoisotopic (exact) mass is 309 g/mol. The van der Waals surface area contributed by atoms with Crippen LogP contribution in [0, 0.1) is 17.3 Å². The zero-order chi connectivity index (χ0) is 16.0. The summed E-state index contributed by atoms with van der Waals surface area (Å²) in [6, 6.07) is 0.550. The summed E-state index contributed by atoms with van der Waals surface area (Å²) >= 11 is 0. The highest BCUT2D eigenvalue weighted by Crippen LogP contribution is 2.39. The van der Waals surface area contributed by atoms with Gasteiger partial charge in [0.15, 0.2) is 0 Å². The summed E-state index contributed by atoms with van der Waals surface area (Å²) in [5.74, 6) is 1.04. The molecule has 0 bridgehead atoms. The van der Waals surface area contributed by atoms with Gasteiger partial charge in [0.05, 0.1) is 5.41 Å². The first-order chi connectivity index (χ1) is 10.6. The highest BCUT2D eigenvalue weighted by atomic mass is 16.4. The van der Waals surface area contributed by atoms with Crippen molar-refractivity contribution >= 4 is 5.97 Å². The van der Waals surface area contributed by atoms with E-state index in [0.29, 0.717) is 25.4 Å². The van der Waals surface area contributed by atoms with Crippen LogP contribution < -0.4 is 5.32 Å². The summed E-state index contributed by atoms with van der Waals surface area (Å²) in [7, 11) is 0. The van der Waals surface area contributed by atoms with Crippen LogP contribution in [-0.2, 0) is 4.79 Å². The Kier molecular flexibility index (Phi) is 6.73. The Labute approximate surface area is 136 Å². The van der Waals surface area contributed by atoms with E-state index in [1.54, 1.807) is 0 Å². The molecule has 2 unspecified atom stereocenters. The maximum Gasteiger partial charge on any atom is 0.310 e. The average Bonchev–Trinajstić information content (AvgIpc) is 2.57. The van der Waals surface area contributed by atoms with Crippen LogP contribution in [0.5, 0.6) is 0 Å². The number of hydrogen-bond donors (Lipinski definition) is 2. The fourth-order valence-electron chi connectivity index (χ4n) is 4.74. The number of rotatable bonds is 7. The average molecular weight is 309 g/mol. The maximum atomic E-state index is 11.7. The SMILES string of the molecule is CCC(CC)(CNC1CCCCC1C1CCCCC1)C(=O)O. The van der Waals surface area contributed by atoms with Crippen molar-refractivity contribution in [2.24, 2.45) is 17.3 Å². The zero-order valence-electron chi connectivity index (χ0n) is 14.6. The summed E-state index contributed by atoms with van der Waals surface area (Å²) < 4.78 is 0. The first kappa shape index (κ1) is 17.8. The molecule has 0 heterocycles. The van der Waals surface area contributed by atoms with E-state index in [1.807, 2.05) is 13.8 Å². The Balaban J connectivity index is 1.97. The van der Waals surface area contributed by atoms with E-state index in [-0.39, 0.29) is 0 Å². The minimum Gasteiger partial charge on any atom is -0.481 e. The highest BCUT2D eigenvalue weighted by molar-refractivity contribution is 5.74. The van der Waals surface area contributed by atoms with Crippen LogP contribution in [0.4, 0.5) is 0 Å². The predicted molar refractivity (Wildman–Crippen MR) is 91.0 cm³/mol. The van der Waals surface area contributed by atoms with Gasteiger partial charge in [-0.05, 0) is 37.5 Å². The number of carboxylic acids is 1. The molecular weight excluding hydrogens is 274 g/mol. The van der Waals surface area contributed by atoms with Crippen LogP contribution >= 0.6 is 0 Å². The fraction of sp³-hybridized carbons (Fsp3) is 0.947. The molecule has 3 heteroatoms. The van der Waals surface area contributed by atoms with Gasteiger partial charge in [-0.3, -0.25) is 4.79 Å². The van der Waals surface area contributed by atoms with Gasteiger partial charge in [-0.1, -0.05) is 58.8 Å². The van der Waals surface area contributed by atoms with E-state index in [9.17, 15) is 9.90 Å². The van der Waals surface area contributed by atoms with E-state index < -0.39 is 11.4 Å². The lowest BCUT2D eigenvalue weighted by Gasteiger charge is -2.41. The quantitative estimate of drug-likeness (QED) is 0.722. The molecule has 0 aromatic rings. The van der Waals surface area contributed by atoms with Crippen LogP contribution in [-0.4, -0.2) is 23.7 Å². The Morgan fingerprint density at radius 2 is 1.59 bits per heavy atom. The van der Waals surface area contributed by atoms with Crippen molar-refractivity contribution in [3.05, 3.63) is 0 Å². The molecule has 0 aromatic carbocycles. The first-order valence-electron chi connectivity index (χ1n) is 9.59. The van der Waals surface area contributed by atoms with Crippen molar-refractivity contribution in [3.8, 4) is 0 Å². The molecular formula is C19H35NO2. The van der Waals surface area contributed by atoms with E-state index in [0.717, 1.165) is 11.8 Å². The zero-order valence-corrected chi connectivity index (χ0v) is 14.6. The van der Waals surface area contributed by atoms with Gasteiger partial charge in [-0.2, -0.15) is 0 Å². The third-order valence-electron chi connectivity index (χ3n) is 6.58. The Bertz CT molecular complexity index is 345. The first-order valence-corrected chi connectivity index (χ1v) is 9.59. The second kappa shape index (κ2) is 8.33. The van der Waals surface area contributed by atoms with E-state index in [1.165, 1.54) is 57.8 Å². The molecule has 22 heavy (non-hydrogen) atoms. The van der Waals surface area contributed by atoms with Gasteiger partial charge >= 0.3 is 5.97 Å². The predicted octanol–water partition coefficient (Wildman–Crippen LogP) is 4.61. The van der Waals surface area contributed by atoms with Crippen LogP contribution in [0.2, 0.25) is 0 Å². The van der Waals surface area contributed by atoms with Gasteiger partial charge < -0.3 is 10.4 Å². The molecule has 128 valence electrons. The van der Waals surface area contributed by atoms with E-state index in [2.05, 4.69) is 5.32 Å². The van der Waals surface area contributed by atoms with E-state index >= 15 is 0 Å². The molecule has 2 rings (SSSR count). The Morgan fingerprint density at radius 1 is 1.00 bits per heavy atom. The number of nitrogens with one attached hydrogen (secondary N) is 1. The van der Waals surface area contributed by atoms with Gasteiger partial charge in [0, 0.05) is 12.6 Å². The topological polar surface area (TPSA) is 49.3 Å². The molecule has 0 spiro atoms. The summed E-state index contributed by atoms with van der Waals surface area (Å²) in [4.78, 5) is 11.7. The lowest BCUT2D eigenvalue weighted by atomic mass is 9.70. The van der Waals surface area contributed by atoms with Crippen molar-refractivity contribution in [1.29, 1.82) is 0 Å². The van der Waals surface area contributed by atoms with Crippen molar-refractivity contribution in [2.45, 2.75) is 90.5 Å². The lowest BCUT2D eigenvalue weighted by Crippen LogP contribution is -2.48. The molecule has 2 saturated carbocycles. The molecule has 2 aliphatic rings. The van der Waals surface area contributed by atoms with Crippen LogP contribution in [0.3, 0.4) is 0 Å². The van der Waals surface area contributed by atoms with Crippen molar-refractivity contribution in [2.75, 3.05) is 6.54 Å². The standard InChI is InChI=1S/C19H35NO2/c1-3-19(4-2,18(21)22)14-20-17-13-9-8-12-16(17)15-10-6-5-7-11-15/h15-17,20H,3-14H2,1-2H3,(H,21,22). The van der Waals surface area contributed by atoms with Crippen LogP contribution in [0.15, 0.2) is 0 Å². The lowest BCUT2D eigenvalue weighted by molar-refractivity contribution is -0.149. The number of carbonyl (C=O) groups is 1. The summed E-state index contributed by atoms with van der Waals surface area (Å²) in [6.45, 7) is 4.67. The minimum atomic E-state index is -0.630. The largest absolute Gasteiger partial charge is 0.481 e. The minimum absolute atomic E-state index is 0.550. The van der Waals surface area contributed by atoms with Crippen LogP contribution in [0.25, 0.3) is 0 Å². The third-order valence-corrected chi connectivity index (χ3v) is 6.58. The van der Waals surface area contributed by atoms with Crippen molar-refractivity contribution < 1.29 is 9.90 Å². The van der Waals surface area contributed by atoms with Gasteiger partial charge in [0.25, 0.3) is 0 Å². The fourth-order valence-corrected chi connectivity index (χ4v) is 4.74. The van der Waals surface area contributed by atoms with Gasteiger partial charge in [0.2, 0.25) is 0 Å². The summed E-state index contributed by atoms with van der Waals surface area (Å²) in [5, 5.41) is 13.3. The molecule has 2 atom stereocenters. The molecule has 0 aromatic heterocycles. The van der Waals surface area contributed by atoms with E-state index in [4.69, 9.17) is 0 Å². The highest BCUT2D eigenvalue weighted by Gasteiger charge is 2.38. The summed E-state index contributed by atoms with van der Waals surface area (Å²) in [5.41, 5.74) is -0.575. The molecule has 2 fully saturated rings. The molecule has 2 aliphatic carbocycles. The van der Waals surface area contributed by atoms with Crippen molar-refractivity contribution in [3.63, 3.8) is 0 Å². The molecule has 0 radical (unpaired) electrons. The number of hydrogen-bond acceptors (Lipinski definition) is 2. The number of aliphatic carboxylic acids is 1. The molecule has 3 nitrogen and oxygen atoms in total. The molecule has 0 saturated heterocycles. The third kappa shape index (κ3) is 4.04. The normalized spacial score (nSPS) is 27.7. The van der Waals surface area contributed by atoms with Crippen LogP contribution in [0.1, 0.15) is 84.5 Å². The van der Waals surface area contributed by atoms with Crippen molar-refractivity contribution in [1.82, 2.24) is 5.32 Å². The smallest absolute Gasteiger partial charge is 0.310 e. The molecule has 0 aliphatic heterocycles. The van der Waals surface area contributed by atoms with Gasteiger partial charge in [-0.15, -0.1) is 0 Å².